The van der Waals surface area contributed by atoms with E-state index in [1.165, 1.54) is 11.3 Å². The van der Waals surface area contributed by atoms with Crippen LogP contribution in [0.4, 0.5) is 10.8 Å². The van der Waals surface area contributed by atoms with Gasteiger partial charge in [0.2, 0.25) is 6.79 Å². The minimum absolute atomic E-state index is 0.207. The lowest BCUT2D eigenvalue weighted by molar-refractivity contribution is 0.102. The number of amides is 2. The summed E-state index contributed by atoms with van der Waals surface area (Å²) in [6.45, 7) is 0.214. The molecule has 0 aliphatic carbocycles. The number of carbonyl (C=O) groups is 2. The Kier molecular flexibility index (Phi) is 5.27. The molecule has 4 aromatic rings. The minimum Gasteiger partial charge on any atom is -0.454 e. The van der Waals surface area contributed by atoms with Gasteiger partial charge in [-0.3, -0.25) is 14.9 Å². The monoisotopic (exact) mass is 443 g/mol. The predicted molar refractivity (Wildman–Crippen MR) is 122 cm³/mol. The van der Waals surface area contributed by atoms with Crippen molar-refractivity contribution in [2.75, 3.05) is 17.4 Å². The Hall–Kier alpha value is -4.17. The third-order valence-corrected chi connectivity index (χ3v) is 5.59. The summed E-state index contributed by atoms with van der Waals surface area (Å²) in [5, 5.41) is 7.99. The zero-order valence-corrected chi connectivity index (χ0v) is 17.5. The minimum atomic E-state index is -0.280. The summed E-state index contributed by atoms with van der Waals surface area (Å²) in [7, 11) is 0. The van der Waals surface area contributed by atoms with E-state index in [0.717, 1.165) is 11.3 Å². The Morgan fingerprint density at radius 2 is 1.53 bits per heavy atom. The molecule has 5 rings (SSSR count). The molecule has 0 spiro atoms. The molecule has 0 saturated carbocycles. The molecular weight excluding hydrogens is 426 g/mol. The topological polar surface area (TPSA) is 89.6 Å². The predicted octanol–water partition coefficient (Wildman–Crippen LogP) is 5.04. The van der Waals surface area contributed by atoms with Crippen molar-refractivity contribution in [1.29, 1.82) is 0 Å². The summed E-state index contributed by atoms with van der Waals surface area (Å²) < 4.78 is 10.7. The summed E-state index contributed by atoms with van der Waals surface area (Å²) in [6, 6.07) is 21.2. The van der Waals surface area contributed by atoms with Gasteiger partial charge in [-0.2, -0.15) is 0 Å². The number of nitrogens with one attached hydrogen (secondary N) is 2. The van der Waals surface area contributed by atoms with Gasteiger partial charge in [-0.15, -0.1) is 11.3 Å². The van der Waals surface area contributed by atoms with Crippen LogP contribution in [0.2, 0.25) is 0 Å². The second kappa shape index (κ2) is 8.52. The van der Waals surface area contributed by atoms with Crippen LogP contribution < -0.4 is 20.1 Å². The molecule has 2 N–H and O–H groups in total. The maximum Gasteiger partial charge on any atom is 0.257 e. The van der Waals surface area contributed by atoms with Crippen molar-refractivity contribution in [3.05, 3.63) is 89.3 Å². The SMILES string of the molecule is O=C(Nc1ccc(C(=O)Nc2nc(-c3ccc4c(c3)OCO4)cs2)cc1)c1ccccc1. The van der Waals surface area contributed by atoms with Crippen LogP contribution in [-0.2, 0) is 0 Å². The van der Waals surface area contributed by atoms with Crippen molar-refractivity contribution in [1.82, 2.24) is 4.98 Å². The van der Waals surface area contributed by atoms with E-state index in [-0.39, 0.29) is 18.6 Å². The summed E-state index contributed by atoms with van der Waals surface area (Å²) >= 11 is 1.34. The Labute approximate surface area is 187 Å². The highest BCUT2D eigenvalue weighted by atomic mass is 32.1. The number of hydrogen-bond acceptors (Lipinski definition) is 6. The number of rotatable bonds is 5. The maximum atomic E-state index is 12.6. The molecule has 0 atom stereocenters. The Bertz CT molecular complexity index is 1290. The van der Waals surface area contributed by atoms with Gasteiger partial charge >= 0.3 is 0 Å². The smallest absolute Gasteiger partial charge is 0.257 e. The van der Waals surface area contributed by atoms with Gasteiger partial charge in [0.05, 0.1) is 5.69 Å². The van der Waals surface area contributed by atoms with Gasteiger partial charge < -0.3 is 14.8 Å². The lowest BCUT2D eigenvalue weighted by Crippen LogP contribution is -2.13. The first kappa shape index (κ1) is 19.8. The van der Waals surface area contributed by atoms with Gasteiger partial charge in [0, 0.05) is 27.8 Å². The van der Waals surface area contributed by atoms with E-state index in [2.05, 4.69) is 15.6 Å². The first-order valence-corrected chi connectivity index (χ1v) is 10.7. The number of nitrogens with zero attached hydrogens (tertiary/aromatic N) is 1. The summed E-state index contributed by atoms with van der Waals surface area (Å²) in [6.07, 6.45) is 0. The molecule has 2 amide bonds. The molecule has 0 saturated heterocycles. The van der Waals surface area contributed by atoms with Gasteiger partial charge in [-0.1, -0.05) is 18.2 Å². The van der Waals surface area contributed by atoms with Crippen molar-refractivity contribution in [3.63, 3.8) is 0 Å². The van der Waals surface area contributed by atoms with Crippen molar-refractivity contribution in [2.24, 2.45) is 0 Å². The molecule has 1 aliphatic rings. The molecular formula is C24H17N3O4S. The van der Waals surface area contributed by atoms with Crippen LogP contribution in [0.3, 0.4) is 0 Å². The second-order valence-electron chi connectivity index (χ2n) is 6.96. The Morgan fingerprint density at radius 3 is 2.34 bits per heavy atom. The fourth-order valence-electron chi connectivity index (χ4n) is 3.19. The molecule has 7 nitrogen and oxygen atoms in total. The van der Waals surface area contributed by atoms with Crippen LogP contribution in [0, 0.1) is 0 Å². The van der Waals surface area contributed by atoms with Gasteiger partial charge in [0.15, 0.2) is 16.6 Å². The van der Waals surface area contributed by atoms with E-state index in [1.54, 1.807) is 48.5 Å². The summed E-state index contributed by atoms with van der Waals surface area (Å²) in [4.78, 5) is 29.3. The fourth-order valence-corrected chi connectivity index (χ4v) is 3.90. The first-order chi connectivity index (χ1) is 15.7. The van der Waals surface area contributed by atoms with E-state index < -0.39 is 0 Å². The Morgan fingerprint density at radius 1 is 0.812 bits per heavy atom. The van der Waals surface area contributed by atoms with Crippen LogP contribution in [0.5, 0.6) is 11.5 Å². The van der Waals surface area contributed by atoms with Crippen LogP contribution in [0.15, 0.2) is 78.2 Å². The number of aromatic nitrogens is 1. The molecule has 0 fully saturated rings. The maximum absolute atomic E-state index is 12.6. The molecule has 0 radical (unpaired) electrons. The molecule has 8 heteroatoms. The molecule has 3 aromatic carbocycles. The van der Waals surface area contributed by atoms with Crippen molar-refractivity contribution < 1.29 is 19.1 Å². The van der Waals surface area contributed by atoms with Gasteiger partial charge in [-0.05, 0) is 54.6 Å². The highest BCUT2D eigenvalue weighted by Crippen LogP contribution is 2.36. The molecule has 32 heavy (non-hydrogen) atoms. The molecule has 158 valence electrons. The quantitative estimate of drug-likeness (QED) is 0.451. The van der Waals surface area contributed by atoms with Crippen LogP contribution in [0.25, 0.3) is 11.3 Å². The van der Waals surface area contributed by atoms with Crippen LogP contribution >= 0.6 is 11.3 Å². The molecule has 2 heterocycles. The summed E-state index contributed by atoms with van der Waals surface area (Å²) in [5.74, 6) is 0.903. The molecule has 0 unspecified atom stereocenters. The average molecular weight is 443 g/mol. The standard InChI is InChI=1S/C24H17N3O4S/c28-22(15-4-2-1-3-5-15)25-18-9-6-16(7-10-18)23(29)27-24-26-19(13-32-24)17-8-11-20-21(12-17)31-14-30-20/h1-13H,14H2,(H,25,28)(H,26,27,29). The lowest BCUT2D eigenvalue weighted by Gasteiger charge is -2.06. The number of thiazole rings is 1. The van der Waals surface area contributed by atoms with E-state index >= 15 is 0 Å². The molecule has 1 aromatic heterocycles. The molecule has 1 aliphatic heterocycles. The zero-order valence-electron chi connectivity index (χ0n) is 16.7. The second-order valence-corrected chi connectivity index (χ2v) is 7.82. The lowest BCUT2D eigenvalue weighted by atomic mass is 10.1. The molecule has 0 bridgehead atoms. The number of carbonyl (C=O) groups excluding carboxylic acids is 2. The average Bonchev–Trinajstić information content (AvgIpc) is 3.49. The number of anilines is 2. The van der Waals surface area contributed by atoms with E-state index in [4.69, 9.17) is 9.47 Å². The normalized spacial score (nSPS) is 11.8. The van der Waals surface area contributed by atoms with E-state index in [9.17, 15) is 9.59 Å². The highest BCUT2D eigenvalue weighted by molar-refractivity contribution is 7.14. The van der Waals surface area contributed by atoms with Crippen molar-refractivity contribution >= 4 is 34.0 Å². The fraction of sp³-hybridized carbons (Fsp3) is 0.0417. The third-order valence-electron chi connectivity index (χ3n) is 4.83. The van der Waals surface area contributed by atoms with Gasteiger partial charge in [0.1, 0.15) is 0 Å². The largest absolute Gasteiger partial charge is 0.454 e. The van der Waals surface area contributed by atoms with E-state index in [1.807, 2.05) is 29.6 Å². The van der Waals surface area contributed by atoms with Crippen molar-refractivity contribution in [2.45, 2.75) is 0 Å². The van der Waals surface area contributed by atoms with Crippen LogP contribution in [-0.4, -0.2) is 23.6 Å². The van der Waals surface area contributed by atoms with Crippen LogP contribution in [0.1, 0.15) is 20.7 Å². The zero-order chi connectivity index (χ0) is 21.9. The number of ether oxygens (including phenoxy) is 2. The number of fused-ring (bicyclic) bond motifs is 1. The third kappa shape index (κ3) is 4.17. The number of benzene rings is 3. The summed E-state index contributed by atoms with van der Waals surface area (Å²) in [5.41, 5.74) is 3.25. The van der Waals surface area contributed by atoms with E-state index in [0.29, 0.717) is 33.4 Å². The van der Waals surface area contributed by atoms with Gasteiger partial charge in [0.25, 0.3) is 11.8 Å². The van der Waals surface area contributed by atoms with Crippen molar-refractivity contribution in [3.8, 4) is 22.8 Å². The number of hydrogen-bond donors (Lipinski definition) is 2. The van der Waals surface area contributed by atoms with Gasteiger partial charge in [-0.25, -0.2) is 4.98 Å². The Balaban J connectivity index is 1.23. The first-order valence-electron chi connectivity index (χ1n) is 9.79. The highest BCUT2D eigenvalue weighted by Gasteiger charge is 2.16.